The van der Waals surface area contributed by atoms with Crippen LogP contribution in [0.3, 0.4) is 0 Å². The highest BCUT2D eigenvalue weighted by Crippen LogP contribution is 2.26. The highest BCUT2D eigenvalue weighted by Gasteiger charge is 2.29. The van der Waals surface area contributed by atoms with E-state index in [2.05, 4.69) is 12.2 Å². The molecule has 8 heteroatoms. The molecule has 0 spiro atoms. The molecular weight excluding hydrogens is 362 g/mol. The first kappa shape index (κ1) is 20.2. The fourth-order valence-corrected chi connectivity index (χ4v) is 4.40. The molecule has 0 atom stereocenters. The van der Waals surface area contributed by atoms with E-state index in [-0.39, 0.29) is 21.4 Å². The smallest absolute Gasteiger partial charge is 0.252 e. The molecule has 140 valence electrons. The van der Waals surface area contributed by atoms with E-state index in [1.807, 2.05) is 19.0 Å². The summed E-state index contributed by atoms with van der Waals surface area (Å²) in [4.78, 5) is 14.4. The number of nitrogens with one attached hydrogen (secondary N) is 1. The van der Waals surface area contributed by atoms with Crippen molar-refractivity contribution in [2.45, 2.75) is 24.7 Å². The Balaban J connectivity index is 2.18. The Bertz CT molecular complexity index is 714. The summed E-state index contributed by atoms with van der Waals surface area (Å²) in [6, 6.07) is 4.31. The first-order chi connectivity index (χ1) is 11.7. The maximum absolute atomic E-state index is 12.8. The molecule has 1 aliphatic heterocycles. The van der Waals surface area contributed by atoms with Crippen LogP contribution < -0.4 is 5.32 Å². The minimum absolute atomic E-state index is 0.115. The third kappa shape index (κ3) is 5.17. The summed E-state index contributed by atoms with van der Waals surface area (Å²) < 4.78 is 27.1. The lowest BCUT2D eigenvalue weighted by Crippen LogP contribution is -2.38. The molecule has 1 saturated heterocycles. The van der Waals surface area contributed by atoms with E-state index in [1.165, 1.54) is 22.5 Å². The van der Waals surface area contributed by atoms with Crippen LogP contribution in [0.2, 0.25) is 5.02 Å². The number of carbonyl (C=O) groups excluding carboxylic acids is 1. The van der Waals surface area contributed by atoms with E-state index in [0.717, 1.165) is 12.8 Å². The van der Waals surface area contributed by atoms with Gasteiger partial charge >= 0.3 is 0 Å². The van der Waals surface area contributed by atoms with E-state index in [1.54, 1.807) is 0 Å². The summed E-state index contributed by atoms with van der Waals surface area (Å²) in [5.74, 6) is 0.172. The first-order valence-electron chi connectivity index (χ1n) is 8.44. The van der Waals surface area contributed by atoms with Crippen LogP contribution in [0.25, 0.3) is 0 Å². The molecule has 1 N–H and O–H groups in total. The topological polar surface area (TPSA) is 69.7 Å². The van der Waals surface area contributed by atoms with Crippen LogP contribution in [-0.4, -0.2) is 63.8 Å². The Kier molecular flexibility index (Phi) is 6.85. The van der Waals surface area contributed by atoms with E-state index in [9.17, 15) is 13.2 Å². The lowest BCUT2D eigenvalue weighted by atomic mass is 10.0. The average Bonchev–Trinajstić information content (AvgIpc) is 2.55. The summed E-state index contributed by atoms with van der Waals surface area (Å²) in [5, 5.41) is 3.01. The van der Waals surface area contributed by atoms with Crippen LogP contribution in [0.4, 0.5) is 0 Å². The van der Waals surface area contributed by atoms with Crippen molar-refractivity contribution in [3.8, 4) is 0 Å². The number of hydrogen-bond donors (Lipinski definition) is 1. The fraction of sp³-hybridized carbons (Fsp3) is 0.588. The van der Waals surface area contributed by atoms with Crippen molar-refractivity contribution in [2.24, 2.45) is 5.92 Å². The Morgan fingerprint density at radius 1 is 1.32 bits per heavy atom. The van der Waals surface area contributed by atoms with Gasteiger partial charge in [0.15, 0.2) is 0 Å². The Morgan fingerprint density at radius 3 is 2.56 bits per heavy atom. The summed E-state index contributed by atoms with van der Waals surface area (Å²) >= 11 is 6.11. The highest BCUT2D eigenvalue weighted by atomic mass is 35.5. The molecule has 1 aliphatic rings. The second-order valence-corrected chi connectivity index (χ2v) is 9.13. The molecule has 0 unspecified atom stereocenters. The maximum atomic E-state index is 12.8. The summed E-state index contributed by atoms with van der Waals surface area (Å²) in [6.07, 6.45) is 1.70. The van der Waals surface area contributed by atoms with Crippen LogP contribution in [0.1, 0.15) is 30.1 Å². The molecule has 1 aromatic rings. The van der Waals surface area contributed by atoms with Crippen molar-refractivity contribution >= 4 is 27.5 Å². The average molecular weight is 388 g/mol. The zero-order valence-electron chi connectivity index (χ0n) is 15.0. The van der Waals surface area contributed by atoms with Gasteiger partial charge in [-0.1, -0.05) is 18.5 Å². The molecule has 25 heavy (non-hydrogen) atoms. The number of benzene rings is 1. The quantitative estimate of drug-likeness (QED) is 0.811. The number of sulfonamides is 1. The van der Waals surface area contributed by atoms with Gasteiger partial charge in [-0.15, -0.1) is 0 Å². The fourth-order valence-electron chi connectivity index (χ4n) is 2.70. The second-order valence-electron chi connectivity index (χ2n) is 6.79. The molecule has 1 fully saturated rings. The minimum Gasteiger partial charge on any atom is -0.351 e. The number of nitrogens with zero attached hydrogens (tertiary/aromatic N) is 2. The molecule has 0 aromatic heterocycles. The number of likely N-dealkylation sites (N-methyl/N-ethyl adjacent to an activating group) is 1. The van der Waals surface area contributed by atoms with Crippen LogP contribution >= 0.6 is 11.6 Å². The van der Waals surface area contributed by atoms with E-state index in [0.29, 0.717) is 32.1 Å². The number of carbonyl (C=O) groups is 1. The van der Waals surface area contributed by atoms with Crippen LogP contribution in [0, 0.1) is 5.92 Å². The number of piperidine rings is 1. The third-order valence-corrected chi connectivity index (χ3v) is 6.63. The molecule has 1 aromatic carbocycles. The molecule has 2 rings (SSSR count). The molecule has 0 aliphatic carbocycles. The predicted molar refractivity (Wildman–Crippen MR) is 99.5 cm³/mol. The van der Waals surface area contributed by atoms with Gasteiger partial charge in [0.05, 0.1) is 15.5 Å². The molecular formula is C17H26ClN3O3S. The van der Waals surface area contributed by atoms with Crippen molar-refractivity contribution in [3.63, 3.8) is 0 Å². The van der Waals surface area contributed by atoms with Gasteiger partial charge < -0.3 is 10.2 Å². The van der Waals surface area contributed by atoms with Gasteiger partial charge in [0, 0.05) is 26.2 Å². The normalized spacial score (nSPS) is 17.0. The van der Waals surface area contributed by atoms with Crippen LogP contribution in [0.5, 0.6) is 0 Å². The van der Waals surface area contributed by atoms with Gasteiger partial charge in [-0.25, -0.2) is 8.42 Å². The Morgan fingerprint density at radius 2 is 1.96 bits per heavy atom. The van der Waals surface area contributed by atoms with Crippen LogP contribution in [-0.2, 0) is 10.0 Å². The van der Waals surface area contributed by atoms with Crippen molar-refractivity contribution in [2.75, 3.05) is 40.3 Å². The van der Waals surface area contributed by atoms with Crippen molar-refractivity contribution in [3.05, 3.63) is 28.8 Å². The second kappa shape index (κ2) is 8.49. The highest BCUT2D eigenvalue weighted by molar-refractivity contribution is 7.89. The number of amides is 1. The van der Waals surface area contributed by atoms with E-state index < -0.39 is 10.0 Å². The van der Waals surface area contributed by atoms with Crippen molar-refractivity contribution < 1.29 is 13.2 Å². The molecule has 1 amide bonds. The van der Waals surface area contributed by atoms with E-state index >= 15 is 0 Å². The number of rotatable bonds is 6. The lowest BCUT2D eigenvalue weighted by Gasteiger charge is -2.29. The summed E-state index contributed by atoms with van der Waals surface area (Å²) in [6.45, 7) is 4.30. The van der Waals surface area contributed by atoms with Gasteiger partial charge in [-0.3, -0.25) is 4.79 Å². The van der Waals surface area contributed by atoms with Gasteiger partial charge in [0.1, 0.15) is 0 Å². The Labute approximate surface area is 155 Å². The summed E-state index contributed by atoms with van der Waals surface area (Å²) in [5.41, 5.74) is 0.187. The predicted octanol–water partition coefficient (Wildman–Crippen LogP) is 2.05. The first-order valence-corrected chi connectivity index (χ1v) is 10.3. The Hall–Kier alpha value is -1.15. The van der Waals surface area contributed by atoms with Gasteiger partial charge in [-0.05, 0) is 51.1 Å². The largest absolute Gasteiger partial charge is 0.351 e. The molecule has 0 saturated carbocycles. The third-order valence-electron chi connectivity index (χ3n) is 4.41. The lowest BCUT2D eigenvalue weighted by molar-refractivity contribution is 0.0951. The summed E-state index contributed by atoms with van der Waals surface area (Å²) in [7, 11) is 0.211. The molecule has 1 heterocycles. The van der Waals surface area contributed by atoms with Crippen molar-refractivity contribution in [1.29, 1.82) is 0 Å². The SMILES string of the molecule is CC1CCN(S(=O)(=O)c2ccc(Cl)c(C(=O)NCCN(C)C)c2)CC1. The molecule has 0 bridgehead atoms. The zero-order valence-corrected chi connectivity index (χ0v) is 16.5. The van der Waals surface area contributed by atoms with Crippen LogP contribution in [0.15, 0.2) is 23.1 Å². The minimum atomic E-state index is -3.61. The standard InChI is InChI=1S/C17H26ClN3O3S/c1-13-6-9-21(10-7-13)25(23,24)14-4-5-16(18)15(12-14)17(22)19-8-11-20(2)3/h4-5,12-13H,6-11H2,1-3H3,(H,19,22). The number of halogens is 1. The molecule has 6 nitrogen and oxygen atoms in total. The monoisotopic (exact) mass is 387 g/mol. The van der Waals surface area contributed by atoms with Gasteiger partial charge in [0.25, 0.3) is 5.91 Å². The number of hydrogen-bond acceptors (Lipinski definition) is 4. The zero-order chi connectivity index (χ0) is 18.6. The van der Waals surface area contributed by atoms with Crippen molar-refractivity contribution in [1.82, 2.24) is 14.5 Å². The van der Waals surface area contributed by atoms with Gasteiger partial charge in [0.2, 0.25) is 10.0 Å². The van der Waals surface area contributed by atoms with E-state index in [4.69, 9.17) is 11.6 Å². The maximum Gasteiger partial charge on any atom is 0.252 e. The molecule has 0 radical (unpaired) electrons. The van der Waals surface area contributed by atoms with Gasteiger partial charge in [-0.2, -0.15) is 4.31 Å².